The zero-order chi connectivity index (χ0) is 11.7. The molecule has 2 nitrogen and oxygen atoms in total. The molecule has 0 saturated heterocycles. The largest absolute Gasteiger partial charge is 0.235 e. The second-order valence-corrected chi connectivity index (χ2v) is 5.49. The predicted octanol–water partition coefficient (Wildman–Crippen LogP) is 4.98. The highest BCUT2D eigenvalue weighted by Gasteiger charge is 2.09. The van der Waals surface area contributed by atoms with Gasteiger partial charge in [-0.3, -0.25) is 0 Å². The quantitative estimate of drug-likeness (QED) is 0.650. The molecule has 0 spiro atoms. The van der Waals surface area contributed by atoms with Gasteiger partial charge in [0.1, 0.15) is 5.15 Å². The van der Waals surface area contributed by atoms with E-state index in [4.69, 9.17) is 23.2 Å². The van der Waals surface area contributed by atoms with E-state index in [1.165, 1.54) is 0 Å². The lowest BCUT2D eigenvalue weighted by atomic mass is 10.2. The fourth-order valence-electron chi connectivity index (χ4n) is 1.15. The van der Waals surface area contributed by atoms with Crippen LogP contribution in [-0.4, -0.2) is 9.97 Å². The minimum atomic E-state index is 0.365. The summed E-state index contributed by atoms with van der Waals surface area (Å²) >= 11 is 18.6. The summed E-state index contributed by atoms with van der Waals surface area (Å²) in [6, 6.07) is 5.50. The van der Waals surface area contributed by atoms with Crippen LogP contribution in [0.5, 0.6) is 0 Å². The Labute approximate surface area is 119 Å². The first-order chi connectivity index (χ1) is 7.58. The van der Waals surface area contributed by atoms with Crippen molar-refractivity contribution in [2.75, 3.05) is 0 Å². The van der Waals surface area contributed by atoms with Crippen LogP contribution in [0.25, 0.3) is 11.4 Å². The average molecular weight is 383 g/mol. The lowest BCUT2D eigenvalue weighted by Crippen LogP contribution is -1.90. The van der Waals surface area contributed by atoms with E-state index in [1.807, 2.05) is 12.1 Å². The molecule has 2 rings (SSSR count). The van der Waals surface area contributed by atoms with Crippen LogP contribution in [0.2, 0.25) is 10.2 Å². The first kappa shape index (κ1) is 12.3. The highest BCUT2D eigenvalue weighted by molar-refractivity contribution is 9.10. The Kier molecular flexibility index (Phi) is 3.85. The van der Waals surface area contributed by atoms with Crippen LogP contribution in [0.1, 0.15) is 0 Å². The van der Waals surface area contributed by atoms with Crippen LogP contribution in [0.15, 0.2) is 33.3 Å². The van der Waals surface area contributed by atoms with Gasteiger partial charge in [-0.05, 0) is 34.1 Å². The van der Waals surface area contributed by atoms with Crippen molar-refractivity contribution in [3.8, 4) is 11.4 Å². The molecule has 0 radical (unpaired) electrons. The van der Waals surface area contributed by atoms with Crippen molar-refractivity contribution in [3.63, 3.8) is 0 Å². The second-order valence-electron chi connectivity index (χ2n) is 2.96. The predicted molar refractivity (Wildman–Crippen MR) is 72.9 cm³/mol. The number of aromatic nitrogens is 2. The molecule has 0 bridgehead atoms. The molecule has 82 valence electrons. The number of halogens is 4. The Morgan fingerprint density at radius 3 is 2.50 bits per heavy atom. The van der Waals surface area contributed by atoms with Crippen LogP contribution < -0.4 is 0 Å². The molecule has 0 unspecified atom stereocenters. The van der Waals surface area contributed by atoms with E-state index >= 15 is 0 Å². The standard InChI is InChI=1S/C10H4Br2Cl2N2/c11-5-1-2-6(8(13)3-5)10-15-4-7(12)9(14)16-10/h1-4H. The number of benzene rings is 1. The molecule has 1 aromatic heterocycles. The van der Waals surface area contributed by atoms with E-state index in [9.17, 15) is 0 Å². The fourth-order valence-corrected chi connectivity index (χ4v) is 2.22. The SMILES string of the molecule is Clc1cc(Br)ccc1-c1ncc(Br)c(Cl)n1. The summed E-state index contributed by atoms with van der Waals surface area (Å²) in [6.07, 6.45) is 1.60. The normalized spacial score (nSPS) is 10.5. The number of hydrogen-bond acceptors (Lipinski definition) is 2. The molecular weight excluding hydrogens is 379 g/mol. The minimum Gasteiger partial charge on any atom is -0.235 e. The maximum absolute atomic E-state index is 6.09. The van der Waals surface area contributed by atoms with Gasteiger partial charge in [-0.15, -0.1) is 0 Å². The van der Waals surface area contributed by atoms with Crippen molar-refractivity contribution in [2.45, 2.75) is 0 Å². The third-order valence-corrected chi connectivity index (χ3v) is 3.78. The summed E-state index contributed by atoms with van der Waals surface area (Å²) in [5.74, 6) is 0.505. The summed E-state index contributed by atoms with van der Waals surface area (Å²) < 4.78 is 1.57. The lowest BCUT2D eigenvalue weighted by molar-refractivity contribution is 1.16. The molecule has 0 amide bonds. The zero-order valence-electron chi connectivity index (χ0n) is 7.72. The summed E-state index contributed by atoms with van der Waals surface area (Å²) in [5.41, 5.74) is 0.749. The topological polar surface area (TPSA) is 25.8 Å². The van der Waals surface area contributed by atoms with Crippen LogP contribution in [0.3, 0.4) is 0 Å². The maximum atomic E-state index is 6.09. The zero-order valence-corrected chi connectivity index (χ0v) is 12.4. The van der Waals surface area contributed by atoms with Crippen molar-refractivity contribution in [2.24, 2.45) is 0 Å². The third-order valence-electron chi connectivity index (χ3n) is 1.87. The van der Waals surface area contributed by atoms with Crippen molar-refractivity contribution in [3.05, 3.63) is 43.5 Å². The summed E-state index contributed by atoms with van der Waals surface area (Å²) in [6.45, 7) is 0. The van der Waals surface area contributed by atoms with Crippen LogP contribution in [-0.2, 0) is 0 Å². The van der Waals surface area contributed by atoms with E-state index in [0.29, 0.717) is 20.5 Å². The van der Waals surface area contributed by atoms with Gasteiger partial charge in [0, 0.05) is 16.2 Å². The van der Waals surface area contributed by atoms with E-state index in [2.05, 4.69) is 41.8 Å². The van der Waals surface area contributed by atoms with Crippen molar-refractivity contribution in [1.29, 1.82) is 0 Å². The Balaban J connectivity index is 2.54. The summed E-state index contributed by atoms with van der Waals surface area (Å²) in [7, 11) is 0. The first-order valence-electron chi connectivity index (χ1n) is 4.21. The molecule has 0 aliphatic carbocycles. The van der Waals surface area contributed by atoms with Crippen molar-refractivity contribution in [1.82, 2.24) is 9.97 Å². The van der Waals surface area contributed by atoms with E-state index in [-0.39, 0.29) is 0 Å². The molecule has 2 aromatic rings. The van der Waals surface area contributed by atoms with Gasteiger partial charge in [-0.2, -0.15) is 0 Å². The summed E-state index contributed by atoms with van der Waals surface area (Å²) in [4.78, 5) is 8.30. The number of rotatable bonds is 1. The number of hydrogen-bond donors (Lipinski definition) is 0. The van der Waals surface area contributed by atoms with Gasteiger partial charge < -0.3 is 0 Å². The van der Waals surface area contributed by atoms with Gasteiger partial charge in [0.15, 0.2) is 5.82 Å². The Morgan fingerprint density at radius 1 is 1.12 bits per heavy atom. The second kappa shape index (κ2) is 5.00. The average Bonchev–Trinajstić information content (AvgIpc) is 2.22. The van der Waals surface area contributed by atoms with Gasteiger partial charge in [0.25, 0.3) is 0 Å². The molecule has 0 saturated carbocycles. The maximum Gasteiger partial charge on any atom is 0.162 e. The van der Waals surface area contributed by atoms with E-state index in [0.717, 1.165) is 10.0 Å². The molecular formula is C10H4Br2Cl2N2. The van der Waals surface area contributed by atoms with Gasteiger partial charge in [0.05, 0.1) is 9.50 Å². The smallest absolute Gasteiger partial charge is 0.162 e. The van der Waals surface area contributed by atoms with Crippen LogP contribution in [0.4, 0.5) is 0 Å². The molecule has 0 N–H and O–H groups in total. The molecule has 0 aliphatic heterocycles. The monoisotopic (exact) mass is 380 g/mol. The van der Waals surface area contributed by atoms with Crippen LogP contribution >= 0.6 is 55.1 Å². The Hall–Kier alpha value is -0.160. The van der Waals surface area contributed by atoms with Crippen LogP contribution in [0, 0.1) is 0 Å². The molecule has 6 heteroatoms. The Morgan fingerprint density at radius 2 is 1.88 bits per heavy atom. The van der Waals surface area contributed by atoms with E-state index in [1.54, 1.807) is 12.3 Å². The molecule has 1 aromatic carbocycles. The molecule has 0 fully saturated rings. The minimum absolute atomic E-state index is 0.365. The first-order valence-corrected chi connectivity index (χ1v) is 6.55. The van der Waals surface area contributed by atoms with E-state index < -0.39 is 0 Å². The Bertz CT molecular complexity index is 546. The highest BCUT2D eigenvalue weighted by Crippen LogP contribution is 2.30. The van der Waals surface area contributed by atoms with Gasteiger partial charge >= 0.3 is 0 Å². The molecule has 0 atom stereocenters. The lowest BCUT2D eigenvalue weighted by Gasteiger charge is -2.04. The molecule has 16 heavy (non-hydrogen) atoms. The highest BCUT2D eigenvalue weighted by atomic mass is 79.9. The summed E-state index contributed by atoms with van der Waals surface area (Å²) in [5, 5.41) is 0.941. The van der Waals surface area contributed by atoms with Crippen molar-refractivity contribution < 1.29 is 0 Å². The van der Waals surface area contributed by atoms with Gasteiger partial charge in [0.2, 0.25) is 0 Å². The van der Waals surface area contributed by atoms with Crippen molar-refractivity contribution >= 4 is 55.1 Å². The van der Waals surface area contributed by atoms with Gasteiger partial charge in [-0.1, -0.05) is 39.1 Å². The number of nitrogens with zero attached hydrogens (tertiary/aromatic N) is 2. The third kappa shape index (κ3) is 2.56. The molecule has 0 aliphatic rings. The molecule has 1 heterocycles. The fraction of sp³-hybridized carbons (Fsp3) is 0. The van der Waals surface area contributed by atoms with Gasteiger partial charge in [-0.25, -0.2) is 9.97 Å².